The number of Topliss-reactive ketones (excluding diaryl/α,β-unsaturated/α-hetero) is 1. The van der Waals surface area contributed by atoms with Gasteiger partial charge in [-0.3, -0.25) is 14.6 Å². The summed E-state index contributed by atoms with van der Waals surface area (Å²) >= 11 is 0. The second kappa shape index (κ2) is 9.21. The Bertz CT molecular complexity index is 1350. The van der Waals surface area contributed by atoms with Crippen LogP contribution in [0.5, 0.6) is 11.5 Å². The quantitative estimate of drug-likeness (QED) is 0.521. The molecule has 0 amide bonds. The first-order valence-corrected chi connectivity index (χ1v) is 13.0. The molecule has 1 aromatic rings. The van der Waals surface area contributed by atoms with Crippen molar-refractivity contribution in [3.8, 4) is 17.6 Å². The number of hydrogen-bond acceptors (Lipinski definition) is 11. The zero-order chi connectivity index (χ0) is 27.8. The zero-order valence-electron chi connectivity index (χ0n) is 22.7. The highest BCUT2D eigenvalue weighted by Gasteiger charge is 2.64. The number of hydrogen-bond donors (Lipinski definition) is 2. The van der Waals surface area contributed by atoms with Gasteiger partial charge in [0.1, 0.15) is 6.04 Å². The average molecular weight is 540 g/mol. The molecule has 3 saturated heterocycles. The van der Waals surface area contributed by atoms with E-state index in [9.17, 15) is 20.3 Å². The fraction of sp³-hybridized carbons (Fsp3) is 0.571. The van der Waals surface area contributed by atoms with Gasteiger partial charge in [0.05, 0.1) is 31.9 Å². The molecule has 0 aromatic heterocycles. The number of piperidine rings is 1. The molecule has 4 aliphatic heterocycles. The number of ether oxygens (including phenoxy) is 5. The fourth-order valence-electron chi connectivity index (χ4n) is 7.55. The van der Waals surface area contributed by atoms with Crippen molar-refractivity contribution < 1.29 is 38.7 Å². The Morgan fingerprint density at radius 1 is 1.21 bits per heavy atom. The predicted octanol–water partition coefficient (Wildman–Crippen LogP) is 1.07. The smallest absolute Gasteiger partial charge is 0.231 e. The van der Waals surface area contributed by atoms with E-state index >= 15 is 0 Å². The van der Waals surface area contributed by atoms with Crippen molar-refractivity contribution >= 4 is 5.78 Å². The first kappa shape index (κ1) is 26.1. The SMILES string of the molecule is COCOc1c(OC)c(C)cc2c1[C@@H]1[C@@H]3C[C@]4(O)C(=O)C(C)=C5OCOC5=C4[C@H](CO)N3[C@H](C#N)[C@H](C2)N1C. The summed E-state index contributed by atoms with van der Waals surface area (Å²) in [4.78, 5) is 17.9. The van der Waals surface area contributed by atoms with Crippen molar-refractivity contribution in [1.82, 2.24) is 9.80 Å². The van der Waals surface area contributed by atoms with E-state index in [1.807, 2.05) is 18.9 Å². The molecular weight excluding hydrogens is 506 g/mol. The summed E-state index contributed by atoms with van der Waals surface area (Å²) in [6.45, 7) is 3.06. The van der Waals surface area contributed by atoms with Crippen LogP contribution in [0.25, 0.3) is 0 Å². The van der Waals surface area contributed by atoms with Crippen LogP contribution in [0.15, 0.2) is 28.7 Å². The lowest BCUT2D eigenvalue weighted by molar-refractivity contribution is -0.150. The Kier molecular flexibility index (Phi) is 6.17. The van der Waals surface area contributed by atoms with Crippen molar-refractivity contribution in [3.05, 3.63) is 45.4 Å². The van der Waals surface area contributed by atoms with E-state index < -0.39 is 36.1 Å². The van der Waals surface area contributed by atoms with Gasteiger partial charge in [0.2, 0.25) is 6.79 Å². The molecule has 0 spiro atoms. The van der Waals surface area contributed by atoms with E-state index in [4.69, 9.17) is 23.7 Å². The summed E-state index contributed by atoms with van der Waals surface area (Å²) in [5, 5.41) is 33.5. The second-order valence-corrected chi connectivity index (χ2v) is 10.8. The minimum absolute atomic E-state index is 0.00333. The molecule has 39 heavy (non-hydrogen) atoms. The minimum Gasteiger partial charge on any atom is -0.493 e. The molecule has 0 unspecified atom stereocenters. The number of carbonyl (C=O) groups is 1. The van der Waals surface area contributed by atoms with Crippen LogP contribution < -0.4 is 9.47 Å². The molecule has 3 fully saturated rings. The molecule has 11 nitrogen and oxygen atoms in total. The number of aliphatic hydroxyl groups is 2. The molecule has 208 valence electrons. The summed E-state index contributed by atoms with van der Waals surface area (Å²) in [6.07, 6.45) is 0.559. The van der Waals surface area contributed by atoms with Gasteiger partial charge in [0.15, 0.2) is 41.2 Å². The summed E-state index contributed by atoms with van der Waals surface area (Å²) in [5.41, 5.74) is 1.40. The number of fused-ring (bicyclic) bond motifs is 8. The average Bonchev–Trinajstić information content (AvgIpc) is 3.40. The van der Waals surface area contributed by atoms with Gasteiger partial charge in [0, 0.05) is 42.3 Å². The molecule has 6 atom stereocenters. The van der Waals surface area contributed by atoms with E-state index in [1.165, 1.54) is 0 Å². The van der Waals surface area contributed by atoms with Crippen LogP contribution in [0.2, 0.25) is 0 Å². The maximum Gasteiger partial charge on any atom is 0.231 e. The molecule has 5 aliphatic rings. The first-order valence-electron chi connectivity index (χ1n) is 13.0. The van der Waals surface area contributed by atoms with E-state index in [1.54, 1.807) is 21.1 Å². The van der Waals surface area contributed by atoms with E-state index in [2.05, 4.69) is 17.0 Å². The number of aryl methyl sites for hydroxylation is 1. The molecule has 11 heteroatoms. The highest BCUT2D eigenvalue weighted by Crippen LogP contribution is 2.56. The van der Waals surface area contributed by atoms with E-state index in [0.717, 1.165) is 16.7 Å². The lowest BCUT2D eigenvalue weighted by Crippen LogP contribution is -2.74. The number of ketones is 1. The summed E-state index contributed by atoms with van der Waals surface area (Å²) in [7, 11) is 5.09. The molecule has 2 bridgehead atoms. The van der Waals surface area contributed by atoms with Crippen molar-refractivity contribution in [2.24, 2.45) is 0 Å². The number of carbonyl (C=O) groups excluding carboxylic acids is 1. The van der Waals surface area contributed by atoms with Gasteiger partial charge < -0.3 is 33.9 Å². The normalized spacial score (nSPS) is 33.4. The first-order chi connectivity index (χ1) is 18.7. The topological polar surface area (TPSA) is 134 Å². The van der Waals surface area contributed by atoms with Gasteiger partial charge in [-0.2, -0.15) is 5.26 Å². The Hall–Kier alpha value is -3.14. The minimum atomic E-state index is -1.93. The maximum atomic E-state index is 13.7. The van der Waals surface area contributed by atoms with Crippen LogP contribution in [0.1, 0.15) is 36.1 Å². The number of methoxy groups -OCH3 is 2. The predicted molar refractivity (Wildman–Crippen MR) is 135 cm³/mol. The number of rotatable bonds is 5. The van der Waals surface area contributed by atoms with Crippen molar-refractivity contribution in [2.45, 2.75) is 62.5 Å². The zero-order valence-corrected chi connectivity index (χ0v) is 22.7. The largest absolute Gasteiger partial charge is 0.493 e. The third kappa shape index (κ3) is 3.36. The third-order valence-corrected chi connectivity index (χ3v) is 9.05. The van der Waals surface area contributed by atoms with Gasteiger partial charge in [-0.05, 0) is 38.4 Å². The van der Waals surface area contributed by atoms with Gasteiger partial charge in [0.25, 0.3) is 0 Å². The Morgan fingerprint density at radius 2 is 1.95 bits per heavy atom. The lowest BCUT2D eigenvalue weighted by Gasteiger charge is -2.62. The number of likely N-dealkylation sites (N-methyl/N-ethyl adjacent to an activating group) is 1. The number of aliphatic hydroxyl groups excluding tert-OH is 1. The molecule has 0 radical (unpaired) electrons. The number of nitriles is 1. The van der Waals surface area contributed by atoms with Crippen LogP contribution in [-0.2, 0) is 25.4 Å². The van der Waals surface area contributed by atoms with E-state index in [-0.39, 0.29) is 49.0 Å². The molecule has 1 aliphatic carbocycles. The van der Waals surface area contributed by atoms with Crippen molar-refractivity contribution in [3.63, 3.8) is 0 Å². The highest BCUT2D eigenvalue weighted by atomic mass is 16.7. The van der Waals surface area contributed by atoms with Crippen LogP contribution >= 0.6 is 0 Å². The summed E-state index contributed by atoms with van der Waals surface area (Å²) in [6, 6.07) is 1.96. The van der Waals surface area contributed by atoms with Crippen molar-refractivity contribution in [1.29, 1.82) is 5.26 Å². The van der Waals surface area contributed by atoms with Gasteiger partial charge in [-0.15, -0.1) is 0 Å². The Labute approximate surface area is 226 Å². The molecule has 6 rings (SSSR count). The molecule has 1 aromatic carbocycles. The molecular formula is C28H33N3O8. The lowest BCUT2D eigenvalue weighted by atomic mass is 9.65. The van der Waals surface area contributed by atoms with Crippen LogP contribution in [-0.4, -0.2) is 97.0 Å². The third-order valence-electron chi connectivity index (χ3n) is 9.05. The standard InChI is InChI=1S/C28H33N3O8/c1-13-6-15-7-16-18(9-29)31-17(22(30(16)3)20(15)25(23(13)36-5)37-11-35-4)8-28(34)21(19(31)10-32)26-24(38-12-39-26)14(2)27(28)33/h6,16-19,22,32,34H,7-8,10-12H2,1-5H3/t16-,17-,18+,19-,22-,28+/m0/s1. The molecule has 2 N–H and O–H groups in total. The Morgan fingerprint density at radius 3 is 2.62 bits per heavy atom. The number of benzene rings is 1. The number of nitrogens with zero attached hydrogens (tertiary/aromatic N) is 3. The highest BCUT2D eigenvalue weighted by molar-refractivity contribution is 6.06. The van der Waals surface area contributed by atoms with E-state index in [0.29, 0.717) is 23.7 Å². The molecule has 0 saturated carbocycles. The van der Waals surface area contributed by atoms with Gasteiger partial charge in [-0.1, -0.05) is 6.07 Å². The molecule has 4 heterocycles. The Balaban J connectivity index is 1.59. The summed E-state index contributed by atoms with van der Waals surface area (Å²) in [5.74, 6) is 1.22. The maximum absolute atomic E-state index is 13.7. The van der Waals surface area contributed by atoms with Crippen LogP contribution in [0.3, 0.4) is 0 Å². The van der Waals surface area contributed by atoms with Gasteiger partial charge in [-0.25, -0.2) is 0 Å². The monoisotopic (exact) mass is 539 g/mol. The van der Waals surface area contributed by atoms with Gasteiger partial charge >= 0.3 is 0 Å². The summed E-state index contributed by atoms with van der Waals surface area (Å²) < 4.78 is 28.5. The van der Waals surface area contributed by atoms with Crippen LogP contribution in [0.4, 0.5) is 0 Å². The van der Waals surface area contributed by atoms with Crippen molar-refractivity contribution in [2.75, 3.05) is 41.5 Å². The fourth-order valence-corrected chi connectivity index (χ4v) is 7.55. The number of piperazine rings is 1. The van der Waals surface area contributed by atoms with Crippen LogP contribution in [0, 0.1) is 18.3 Å². The second-order valence-electron chi connectivity index (χ2n) is 10.8.